The van der Waals surface area contributed by atoms with E-state index in [0.29, 0.717) is 39.0 Å². The SMILES string of the molecule is C=C1C(N2CCOCC2)CC2[C@](C)(CC[C@@H](O)[C@@]2(C)CO)C1CC(NC(C)C(=O)NC1=NCC=N1)C1=C/C(=C\c2cnc(N)[nH]c2=O)OC1=O. The van der Waals surface area contributed by atoms with Gasteiger partial charge in [-0.15, -0.1) is 0 Å². The molecule has 8 atom stereocenters. The summed E-state index contributed by atoms with van der Waals surface area (Å²) in [5.41, 5.74) is 5.42. The second-order valence-electron chi connectivity index (χ2n) is 14.5. The molecule has 270 valence electrons. The number of rotatable bonds is 9. The van der Waals surface area contributed by atoms with Crippen LogP contribution >= 0.6 is 0 Å². The number of fused-ring (bicyclic) bond motifs is 1. The summed E-state index contributed by atoms with van der Waals surface area (Å²) < 4.78 is 11.3. The first kappa shape index (κ1) is 35.8. The molecule has 1 aromatic rings. The van der Waals surface area contributed by atoms with E-state index in [0.717, 1.165) is 25.1 Å². The van der Waals surface area contributed by atoms with Crippen molar-refractivity contribution < 1.29 is 29.3 Å². The molecule has 1 saturated heterocycles. The molecule has 5 aliphatic rings. The van der Waals surface area contributed by atoms with Gasteiger partial charge in [-0.25, -0.2) is 19.8 Å². The Hall–Kier alpha value is -4.02. The first-order valence-corrected chi connectivity index (χ1v) is 17.3. The number of nitrogens with one attached hydrogen (secondary N) is 3. The summed E-state index contributed by atoms with van der Waals surface area (Å²) >= 11 is 0. The molecular weight excluding hydrogens is 644 g/mol. The first-order valence-electron chi connectivity index (χ1n) is 17.3. The van der Waals surface area contributed by atoms with Gasteiger partial charge in [-0.3, -0.25) is 30.1 Å². The normalized spacial score (nSPS) is 33.4. The Kier molecular flexibility index (Phi) is 10.2. The third kappa shape index (κ3) is 6.84. The fourth-order valence-electron chi connectivity index (χ4n) is 8.71. The number of carbonyl (C=O) groups is 2. The Morgan fingerprint density at radius 1 is 1.30 bits per heavy atom. The van der Waals surface area contributed by atoms with Gasteiger partial charge >= 0.3 is 5.97 Å². The van der Waals surface area contributed by atoms with Crippen LogP contribution in [0.2, 0.25) is 0 Å². The number of aromatic amines is 1. The van der Waals surface area contributed by atoms with E-state index in [4.69, 9.17) is 21.8 Å². The van der Waals surface area contributed by atoms with E-state index in [9.17, 15) is 24.6 Å². The fraction of sp³-hybridized carbons (Fsp3) is 0.600. The number of allylic oxidation sites excluding steroid dienone is 1. The zero-order valence-electron chi connectivity index (χ0n) is 28.9. The van der Waals surface area contributed by atoms with Crippen LogP contribution in [0, 0.1) is 22.7 Å². The molecule has 3 aliphatic heterocycles. The van der Waals surface area contributed by atoms with Crippen LogP contribution in [0.15, 0.2) is 50.5 Å². The molecule has 4 heterocycles. The molecule has 15 heteroatoms. The van der Waals surface area contributed by atoms with Crippen molar-refractivity contribution in [1.29, 1.82) is 0 Å². The number of hydrogen-bond acceptors (Lipinski definition) is 13. The highest BCUT2D eigenvalue weighted by atomic mass is 16.5. The Labute approximate surface area is 290 Å². The van der Waals surface area contributed by atoms with Gasteiger partial charge in [0.05, 0.1) is 49.6 Å². The van der Waals surface area contributed by atoms with E-state index in [1.54, 1.807) is 19.2 Å². The average molecular weight is 693 g/mol. The maximum absolute atomic E-state index is 13.6. The van der Waals surface area contributed by atoms with Gasteiger partial charge in [0.25, 0.3) is 5.56 Å². The molecule has 0 bridgehead atoms. The molecule has 0 aromatic carbocycles. The van der Waals surface area contributed by atoms with Crippen molar-refractivity contribution >= 4 is 36.1 Å². The number of esters is 1. The summed E-state index contributed by atoms with van der Waals surface area (Å²) in [7, 11) is 0. The lowest BCUT2D eigenvalue weighted by Gasteiger charge is -2.62. The van der Waals surface area contributed by atoms with Crippen LogP contribution in [0.25, 0.3) is 6.08 Å². The molecule has 0 spiro atoms. The Bertz CT molecular complexity index is 1700. The summed E-state index contributed by atoms with van der Waals surface area (Å²) in [4.78, 5) is 56.5. The van der Waals surface area contributed by atoms with Crippen molar-refractivity contribution in [3.05, 3.63) is 51.7 Å². The van der Waals surface area contributed by atoms with Gasteiger partial charge in [0.1, 0.15) is 5.76 Å². The van der Waals surface area contributed by atoms with Gasteiger partial charge < -0.3 is 25.4 Å². The molecule has 2 saturated carbocycles. The number of carbonyl (C=O) groups excluding carboxylic acids is 2. The van der Waals surface area contributed by atoms with Crippen LogP contribution in [0.5, 0.6) is 0 Å². The molecule has 7 N–H and O–H groups in total. The fourth-order valence-corrected chi connectivity index (χ4v) is 8.71. The number of aliphatic hydroxyl groups is 2. The van der Waals surface area contributed by atoms with E-state index in [1.165, 1.54) is 12.3 Å². The maximum Gasteiger partial charge on any atom is 0.341 e. The number of nitrogens with two attached hydrogens (primary N) is 1. The number of amides is 1. The van der Waals surface area contributed by atoms with Crippen LogP contribution in [0.3, 0.4) is 0 Å². The van der Waals surface area contributed by atoms with Gasteiger partial charge in [-0.05, 0) is 62.0 Å². The van der Waals surface area contributed by atoms with E-state index < -0.39 is 40.5 Å². The van der Waals surface area contributed by atoms with Gasteiger partial charge in [0.2, 0.25) is 11.9 Å². The highest BCUT2D eigenvalue weighted by Crippen LogP contribution is 2.62. The zero-order chi connectivity index (χ0) is 35.8. The Morgan fingerprint density at radius 3 is 2.74 bits per heavy atom. The number of hydrogen-bond donors (Lipinski definition) is 6. The molecule has 2 aliphatic carbocycles. The number of anilines is 1. The minimum Gasteiger partial charge on any atom is -0.423 e. The molecule has 5 unspecified atom stereocenters. The lowest BCUT2D eigenvalue weighted by atomic mass is 9.45. The van der Waals surface area contributed by atoms with Gasteiger partial charge in [0.15, 0.2) is 5.95 Å². The molecule has 15 nitrogen and oxygen atoms in total. The van der Waals surface area contributed by atoms with Gasteiger partial charge in [0, 0.05) is 43.0 Å². The number of ether oxygens (including phenoxy) is 2. The highest BCUT2D eigenvalue weighted by Gasteiger charge is 2.60. The minimum absolute atomic E-state index is 0.0370. The second kappa shape index (κ2) is 14.3. The molecule has 3 fully saturated rings. The first-order chi connectivity index (χ1) is 23.8. The third-order valence-electron chi connectivity index (χ3n) is 11.6. The number of nitrogens with zero attached hydrogens (tertiary/aromatic N) is 4. The topological polar surface area (TPSA) is 217 Å². The van der Waals surface area contributed by atoms with Gasteiger partial charge in [-0.2, -0.15) is 0 Å². The van der Waals surface area contributed by atoms with E-state index in [2.05, 4.69) is 42.4 Å². The van der Waals surface area contributed by atoms with Crippen molar-refractivity contribution in [3.63, 3.8) is 0 Å². The number of H-pyrrole nitrogens is 1. The quantitative estimate of drug-likeness (QED) is 0.155. The summed E-state index contributed by atoms with van der Waals surface area (Å²) in [6.07, 6.45) is 7.52. The number of guanidine groups is 1. The van der Waals surface area contributed by atoms with Crippen LogP contribution < -0.4 is 21.9 Å². The lowest BCUT2D eigenvalue weighted by Crippen LogP contribution is -2.62. The number of nitrogen functional groups attached to an aromatic ring is 1. The standard InChI is InChI=1S/C35H48N8O7/c1-19-24(34(3)6-5-28(45)35(4,18-44)27(34)16-26(19)43-9-11-49-12-10-43)15-25(40-20(2)29(46)42-33-37-7-8-38-33)23-14-22(50-31(23)48)13-21-17-39-32(36)41-30(21)47/h7,13-14,17,20,24-28,40,44-45H,1,5-6,8-12,15-16,18H2,2-4H3,(H,38,42,46)(H3,36,39,41,47)/b22-13+/t20?,24?,25?,26?,27?,28-,34-,35+/m1/s1. The van der Waals surface area contributed by atoms with Gasteiger partial charge in [-0.1, -0.05) is 26.0 Å². The lowest BCUT2D eigenvalue weighted by molar-refractivity contribution is -0.163. The van der Waals surface area contributed by atoms with E-state index in [-0.39, 0.29) is 59.2 Å². The number of aliphatic imine (C=N–C) groups is 2. The van der Waals surface area contributed by atoms with Crippen molar-refractivity contribution in [2.45, 2.75) is 70.7 Å². The third-order valence-corrected chi connectivity index (χ3v) is 11.6. The zero-order valence-corrected chi connectivity index (χ0v) is 28.9. The number of morpholine rings is 1. The Balaban J connectivity index is 1.38. The van der Waals surface area contributed by atoms with Crippen molar-refractivity contribution in [1.82, 2.24) is 25.5 Å². The largest absolute Gasteiger partial charge is 0.423 e. The molecule has 0 radical (unpaired) electrons. The van der Waals surface area contributed by atoms with Crippen molar-refractivity contribution in [2.24, 2.45) is 32.7 Å². The number of aromatic nitrogens is 2. The minimum atomic E-state index is -0.782. The van der Waals surface area contributed by atoms with E-state index >= 15 is 0 Å². The monoisotopic (exact) mass is 692 g/mol. The van der Waals surface area contributed by atoms with Crippen LogP contribution in [-0.2, 0) is 19.1 Å². The predicted octanol–water partition coefficient (Wildman–Crippen LogP) is 0.522. The second-order valence-corrected chi connectivity index (χ2v) is 14.5. The predicted molar refractivity (Wildman–Crippen MR) is 187 cm³/mol. The van der Waals surface area contributed by atoms with Crippen LogP contribution in [0.1, 0.15) is 52.0 Å². The molecular formula is C35H48N8O7. The van der Waals surface area contributed by atoms with Crippen LogP contribution in [0.4, 0.5) is 5.95 Å². The molecule has 6 rings (SSSR count). The summed E-state index contributed by atoms with van der Waals surface area (Å²) in [6, 6.07) is -1.51. The molecule has 1 aromatic heterocycles. The summed E-state index contributed by atoms with van der Waals surface area (Å²) in [5, 5.41) is 28.2. The maximum atomic E-state index is 13.6. The molecule has 1 amide bonds. The highest BCUT2D eigenvalue weighted by molar-refractivity contribution is 6.04. The molecule has 50 heavy (non-hydrogen) atoms. The van der Waals surface area contributed by atoms with Crippen molar-refractivity contribution in [2.75, 3.05) is 45.2 Å². The van der Waals surface area contributed by atoms with E-state index in [1.807, 2.05) is 6.92 Å². The number of cyclic esters (lactones) is 1. The number of aliphatic hydroxyl groups excluding tert-OH is 2. The smallest absolute Gasteiger partial charge is 0.341 e. The van der Waals surface area contributed by atoms with Crippen molar-refractivity contribution in [3.8, 4) is 0 Å². The van der Waals surface area contributed by atoms with Crippen LogP contribution in [-0.4, -0.2) is 113 Å². The average Bonchev–Trinajstić information content (AvgIpc) is 3.74. The summed E-state index contributed by atoms with van der Waals surface area (Å²) in [6.45, 7) is 13.5. The Morgan fingerprint density at radius 2 is 2.06 bits per heavy atom. The summed E-state index contributed by atoms with van der Waals surface area (Å²) in [5.74, 6) is -0.913.